The summed E-state index contributed by atoms with van der Waals surface area (Å²) in [6.45, 7) is 8.55. The molecule has 214 valence electrons. The molecule has 0 radical (unpaired) electrons. The molecule has 0 aliphatic heterocycles. The predicted molar refractivity (Wildman–Crippen MR) is 146 cm³/mol. The van der Waals surface area contributed by atoms with Crippen LogP contribution < -0.4 is 14.2 Å². The summed E-state index contributed by atoms with van der Waals surface area (Å²) in [7, 11) is 1.42. The quantitative estimate of drug-likeness (QED) is 0.139. The molecule has 9 heteroatoms. The Hall–Kier alpha value is -3.62. The van der Waals surface area contributed by atoms with Gasteiger partial charge in [-0.25, -0.2) is 4.98 Å². The number of hydrogen-bond acceptors (Lipinski definition) is 9. The first-order valence-electron chi connectivity index (χ1n) is 13.5. The maximum absolute atomic E-state index is 13.1. The molecule has 0 saturated heterocycles. The second kappa shape index (κ2) is 16.4. The van der Waals surface area contributed by atoms with Gasteiger partial charge in [-0.2, -0.15) is 0 Å². The van der Waals surface area contributed by atoms with Gasteiger partial charge in [0.25, 0.3) is 0 Å². The molecular weight excluding hydrogens is 502 g/mol. The van der Waals surface area contributed by atoms with E-state index in [0.717, 1.165) is 31.4 Å². The molecule has 1 heterocycles. The van der Waals surface area contributed by atoms with Crippen molar-refractivity contribution in [1.82, 2.24) is 4.98 Å². The van der Waals surface area contributed by atoms with E-state index >= 15 is 0 Å². The third kappa shape index (κ3) is 9.89. The number of esters is 2. The van der Waals surface area contributed by atoms with E-state index in [0.29, 0.717) is 0 Å². The molecule has 0 bridgehead atoms. The lowest BCUT2D eigenvalue weighted by molar-refractivity contribution is -0.157. The molecule has 9 nitrogen and oxygen atoms in total. The fraction of sp³-hybridized carbons (Fsp3) is 0.533. The first-order chi connectivity index (χ1) is 18.7. The first kappa shape index (κ1) is 31.6. The third-order valence-electron chi connectivity index (χ3n) is 6.42. The minimum atomic E-state index is -0.726. The molecule has 2 rings (SSSR count). The fourth-order valence-corrected chi connectivity index (χ4v) is 4.26. The normalized spacial score (nSPS) is 13.9. The molecule has 1 aromatic carbocycles. The summed E-state index contributed by atoms with van der Waals surface area (Å²) in [6.07, 6.45) is 4.33. The second-order valence-electron chi connectivity index (χ2n) is 9.44. The van der Waals surface area contributed by atoms with Crippen LogP contribution in [0.2, 0.25) is 0 Å². The van der Waals surface area contributed by atoms with Crippen LogP contribution in [0.15, 0.2) is 42.6 Å². The van der Waals surface area contributed by atoms with E-state index in [1.165, 1.54) is 26.3 Å². The number of Topliss-reactive ketones (excluding diaryl/α,β-unsaturated/α-hetero) is 1. The van der Waals surface area contributed by atoms with Gasteiger partial charge in [0.1, 0.15) is 18.0 Å². The van der Waals surface area contributed by atoms with E-state index < -0.39 is 36.5 Å². The van der Waals surface area contributed by atoms with Crippen LogP contribution in [0.4, 0.5) is 0 Å². The van der Waals surface area contributed by atoms with Crippen LogP contribution in [0, 0.1) is 11.8 Å². The Morgan fingerprint density at radius 1 is 1.03 bits per heavy atom. The van der Waals surface area contributed by atoms with Crippen molar-refractivity contribution in [2.24, 2.45) is 11.8 Å². The maximum Gasteiger partial charge on any atom is 0.309 e. The third-order valence-corrected chi connectivity index (χ3v) is 6.42. The molecule has 2 aromatic rings. The van der Waals surface area contributed by atoms with Gasteiger partial charge in [0, 0.05) is 31.5 Å². The van der Waals surface area contributed by atoms with Crippen molar-refractivity contribution in [2.75, 3.05) is 13.9 Å². The number of benzene rings is 1. The SMILES string of the molecule is CCCC[C@@H]([C@H](C)OC(=O)[C@H](C)CC(=O)c1nccc(OC)c1OCOC(C)=O)[C@@H](CC)Oc1ccccc1. The Labute approximate surface area is 231 Å². The summed E-state index contributed by atoms with van der Waals surface area (Å²) >= 11 is 0. The summed E-state index contributed by atoms with van der Waals surface area (Å²) in [5, 5.41) is 0. The highest BCUT2D eigenvalue weighted by atomic mass is 16.7. The lowest BCUT2D eigenvalue weighted by atomic mass is 9.89. The van der Waals surface area contributed by atoms with E-state index in [1.54, 1.807) is 6.92 Å². The van der Waals surface area contributed by atoms with E-state index in [1.807, 2.05) is 37.3 Å². The van der Waals surface area contributed by atoms with Crippen LogP contribution >= 0.6 is 0 Å². The number of hydrogen-bond donors (Lipinski definition) is 0. The van der Waals surface area contributed by atoms with Crippen LogP contribution in [0.5, 0.6) is 17.2 Å². The number of carbonyl (C=O) groups is 3. The number of para-hydroxylation sites is 1. The maximum atomic E-state index is 13.1. The van der Waals surface area contributed by atoms with Gasteiger partial charge >= 0.3 is 11.9 Å². The van der Waals surface area contributed by atoms with E-state index in [-0.39, 0.29) is 35.6 Å². The zero-order chi connectivity index (χ0) is 28.8. The summed E-state index contributed by atoms with van der Waals surface area (Å²) in [5.74, 6) is -1.09. The summed E-state index contributed by atoms with van der Waals surface area (Å²) in [5.41, 5.74) is -0.0164. The number of pyridine rings is 1. The van der Waals surface area contributed by atoms with Crippen LogP contribution in [0.25, 0.3) is 0 Å². The largest absolute Gasteiger partial charge is 0.493 e. The van der Waals surface area contributed by atoms with Gasteiger partial charge < -0.3 is 23.7 Å². The first-order valence-corrected chi connectivity index (χ1v) is 13.5. The highest BCUT2D eigenvalue weighted by Gasteiger charge is 2.32. The van der Waals surface area contributed by atoms with E-state index in [9.17, 15) is 14.4 Å². The molecule has 0 unspecified atom stereocenters. The smallest absolute Gasteiger partial charge is 0.309 e. The van der Waals surface area contributed by atoms with E-state index in [4.69, 9.17) is 23.7 Å². The zero-order valence-corrected chi connectivity index (χ0v) is 23.8. The average Bonchev–Trinajstić information content (AvgIpc) is 2.92. The number of unbranched alkanes of at least 4 members (excludes halogenated alkanes) is 1. The molecule has 39 heavy (non-hydrogen) atoms. The standard InChI is InChI=1S/C30H41NO8/c1-7-9-15-24(26(8-2)39-23-13-11-10-12-14-23)21(4)38-30(34)20(3)18-25(33)28-29(37-19-36-22(5)32)27(35-6)16-17-31-28/h10-14,16-17,20-21,24,26H,7-9,15,18-19H2,1-6H3/t20-,21+,24+,26-/m1/s1. The zero-order valence-electron chi connectivity index (χ0n) is 23.8. The number of carbonyl (C=O) groups excluding carboxylic acids is 3. The van der Waals surface area contributed by atoms with Crippen molar-refractivity contribution >= 4 is 17.7 Å². The fourth-order valence-electron chi connectivity index (χ4n) is 4.26. The molecule has 0 spiro atoms. The molecule has 0 amide bonds. The van der Waals surface area contributed by atoms with Gasteiger partial charge in [-0.1, -0.05) is 51.8 Å². The van der Waals surface area contributed by atoms with Crippen molar-refractivity contribution in [3.63, 3.8) is 0 Å². The van der Waals surface area contributed by atoms with Crippen molar-refractivity contribution in [3.8, 4) is 17.2 Å². The predicted octanol–water partition coefficient (Wildman–Crippen LogP) is 5.79. The molecule has 0 saturated carbocycles. The highest BCUT2D eigenvalue weighted by molar-refractivity contribution is 5.99. The van der Waals surface area contributed by atoms with Crippen LogP contribution in [-0.2, 0) is 19.1 Å². The van der Waals surface area contributed by atoms with Crippen molar-refractivity contribution in [3.05, 3.63) is 48.3 Å². The van der Waals surface area contributed by atoms with Gasteiger partial charge in [0.2, 0.25) is 6.79 Å². The minimum absolute atomic E-state index is 0.0108. The van der Waals surface area contributed by atoms with Gasteiger partial charge in [-0.05, 0) is 31.9 Å². The Bertz CT molecular complexity index is 1060. The molecule has 0 aliphatic rings. The Morgan fingerprint density at radius 2 is 1.74 bits per heavy atom. The molecule has 4 atom stereocenters. The van der Waals surface area contributed by atoms with E-state index in [2.05, 4.69) is 18.8 Å². The monoisotopic (exact) mass is 543 g/mol. The summed E-state index contributed by atoms with van der Waals surface area (Å²) in [6, 6.07) is 11.1. The van der Waals surface area contributed by atoms with Crippen LogP contribution in [0.1, 0.15) is 77.2 Å². The number of ketones is 1. The highest BCUT2D eigenvalue weighted by Crippen LogP contribution is 2.32. The lowest BCUT2D eigenvalue weighted by Gasteiger charge is -2.32. The Morgan fingerprint density at radius 3 is 2.36 bits per heavy atom. The summed E-state index contributed by atoms with van der Waals surface area (Å²) < 4.78 is 27.7. The average molecular weight is 544 g/mol. The number of aromatic nitrogens is 1. The molecule has 0 aliphatic carbocycles. The second-order valence-corrected chi connectivity index (χ2v) is 9.44. The molecule has 1 aromatic heterocycles. The van der Waals surface area contributed by atoms with Gasteiger partial charge in [-0.15, -0.1) is 0 Å². The van der Waals surface area contributed by atoms with Crippen LogP contribution in [-0.4, -0.2) is 48.8 Å². The molecule has 0 fully saturated rings. The molecular formula is C30H41NO8. The van der Waals surface area contributed by atoms with Crippen LogP contribution in [0.3, 0.4) is 0 Å². The number of rotatable bonds is 17. The topological polar surface area (TPSA) is 110 Å². The van der Waals surface area contributed by atoms with Crippen molar-refractivity contribution in [1.29, 1.82) is 0 Å². The Kier molecular flexibility index (Phi) is 13.3. The van der Waals surface area contributed by atoms with Gasteiger partial charge in [0.05, 0.1) is 13.0 Å². The van der Waals surface area contributed by atoms with Gasteiger partial charge in [-0.3, -0.25) is 14.4 Å². The molecule has 0 N–H and O–H groups in total. The van der Waals surface area contributed by atoms with Crippen molar-refractivity contribution in [2.45, 2.75) is 78.9 Å². The Balaban J connectivity index is 2.10. The number of nitrogens with zero attached hydrogens (tertiary/aromatic N) is 1. The number of ether oxygens (including phenoxy) is 5. The number of methoxy groups -OCH3 is 1. The minimum Gasteiger partial charge on any atom is -0.493 e. The summed E-state index contributed by atoms with van der Waals surface area (Å²) in [4.78, 5) is 41.4. The van der Waals surface area contributed by atoms with Gasteiger partial charge in [0.15, 0.2) is 23.0 Å². The lowest BCUT2D eigenvalue weighted by Crippen LogP contribution is -2.37. The van der Waals surface area contributed by atoms with Crippen molar-refractivity contribution < 1.29 is 38.1 Å².